The van der Waals surface area contributed by atoms with Gasteiger partial charge in [0.15, 0.2) is 12.6 Å². The van der Waals surface area contributed by atoms with Crippen LogP contribution < -0.4 is 20.4 Å². The van der Waals surface area contributed by atoms with Gasteiger partial charge in [0, 0.05) is 22.7 Å². The number of quaternary nitrogens is 2. The average molecular weight is 397 g/mol. The van der Waals surface area contributed by atoms with Crippen LogP contribution >= 0.6 is 11.6 Å². The van der Waals surface area contributed by atoms with Gasteiger partial charge in [-0.05, 0) is 45.9 Å². The Morgan fingerprint density at radius 3 is 2.59 bits per heavy atom. The Balaban J connectivity index is 1.85. The first kappa shape index (κ1) is 21.7. The molecule has 0 saturated carbocycles. The third-order valence-corrected chi connectivity index (χ3v) is 5.09. The van der Waals surface area contributed by atoms with Crippen molar-refractivity contribution in [2.75, 3.05) is 38.0 Å². The molecule has 1 aromatic rings. The molecule has 27 heavy (non-hydrogen) atoms. The summed E-state index contributed by atoms with van der Waals surface area (Å²) < 4.78 is 0. The molecular weight excluding hydrogens is 364 g/mol. The summed E-state index contributed by atoms with van der Waals surface area (Å²) in [7, 11) is 0. The summed E-state index contributed by atoms with van der Waals surface area (Å²) >= 11 is 5.98. The summed E-state index contributed by atoms with van der Waals surface area (Å²) in [6.07, 6.45) is 1.00. The fourth-order valence-electron chi connectivity index (χ4n) is 3.45. The van der Waals surface area contributed by atoms with Crippen molar-refractivity contribution < 1.29 is 19.4 Å². The van der Waals surface area contributed by atoms with Crippen LogP contribution in [0.5, 0.6) is 0 Å². The van der Waals surface area contributed by atoms with E-state index in [1.807, 2.05) is 39.8 Å². The van der Waals surface area contributed by atoms with Gasteiger partial charge in [-0.3, -0.25) is 9.59 Å². The largest absolute Gasteiger partial charge is 0.347 e. The van der Waals surface area contributed by atoms with Crippen LogP contribution in [0.4, 0.5) is 5.69 Å². The number of hydrogen-bond acceptors (Lipinski definition) is 2. The number of nitrogens with one attached hydrogen (secondary N) is 4. The number of carbonyl (C=O) groups is 2. The summed E-state index contributed by atoms with van der Waals surface area (Å²) in [5, 5.41) is 6.59. The van der Waals surface area contributed by atoms with Crippen LogP contribution in [0.3, 0.4) is 0 Å². The van der Waals surface area contributed by atoms with E-state index in [1.54, 1.807) is 12.1 Å². The molecule has 1 saturated heterocycles. The predicted octanol–water partition coefficient (Wildman–Crippen LogP) is -0.245. The van der Waals surface area contributed by atoms with E-state index in [-0.39, 0.29) is 23.4 Å². The van der Waals surface area contributed by atoms with Gasteiger partial charge in [-0.1, -0.05) is 17.7 Å². The average Bonchev–Trinajstić information content (AvgIpc) is 2.78. The minimum absolute atomic E-state index is 0.00110. The zero-order valence-electron chi connectivity index (χ0n) is 16.8. The fraction of sp³-hybridized carbons (Fsp3) is 0.600. The lowest BCUT2D eigenvalue weighted by Crippen LogP contribution is -3.20. The standard InChI is InChI=1S/C20H31ClN4O2/c1-15(19(27)22-17-8-5-7-16(21)13-17)25-10-6-9-24(11-12-25)14-18(26)23-20(2,3)4/h5,7-8,13,15H,6,9-12,14H2,1-4H3,(H,22,27)(H,23,26)/p+2/t15-/m1/s1. The molecule has 1 aliphatic rings. The molecule has 1 aliphatic heterocycles. The van der Waals surface area contributed by atoms with E-state index in [0.717, 1.165) is 38.3 Å². The molecule has 0 spiro atoms. The van der Waals surface area contributed by atoms with E-state index in [4.69, 9.17) is 11.6 Å². The molecule has 3 atom stereocenters. The Hall–Kier alpha value is -1.63. The zero-order valence-corrected chi connectivity index (χ0v) is 17.6. The number of halogens is 1. The van der Waals surface area contributed by atoms with Crippen molar-refractivity contribution in [3.63, 3.8) is 0 Å². The topological polar surface area (TPSA) is 67.1 Å². The Labute approximate surface area is 167 Å². The highest BCUT2D eigenvalue weighted by Gasteiger charge is 2.30. The van der Waals surface area contributed by atoms with Gasteiger partial charge in [-0.2, -0.15) is 0 Å². The minimum atomic E-state index is -0.202. The second-order valence-corrected chi connectivity index (χ2v) is 8.89. The van der Waals surface area contributed by atoms with Crippen molar-refractivity contribution in [2.45, 2.75) is 45.7 Å². The first-order valence-corrected chi connectivity index (χ1v) is 10.1. The maximum Gasteiger partial charge on any atom is 0.282 e. The van der Waals surface area contributed by atoms with Crippen LogP contribution in [0.2, 0.25) is 5.02 Å². The molecule has 0 aliphatic carbocycles. The quantitative estimate of drug-likeness (QED) is 0.554. The van der Waals surface area contributed by atoms with Crippen LogP contribution in [-0.4, -0.2) is 56.1 Å². The van der Waals surface area contributed by atoms with Crippen molar-refractivity contribution in [3.05, 3.63) is 29.3 Å². The van der Waals surface area contributed by atoms with Gasteiger partial charge in [-0.15, -0.1) is 0 Å². The van der Waals surface area contributed by atoms with Gasteiger partial charge in [0.05, 0.1) is 13.1 Å². The maximum atomic E-state index is 12.6. The van der Waals surface area contributed by atoms with Gasteiger partial charge in [0.25, 0.3) is 11.8 Å². The zero-order chi connectivity index (χ0) is 20.0. The number of hydrogen-bond donors (Lipinski definition) is 4. The number of benzene rings is 1. The van der Waals surface area contributed by atoms with Crippen LogP contribution in [0.1, 0.15) is 34.1 Å². The van der Waals surface area contributed by atoms with Crippen molar-refractivity contribution in [3.8, 4) is 0 Å². The molecule has 1 fully saturated rings. The third-order valence-electron chi connectivity index (χ3n) is 4.85. The molecular formula is C20H33ClN4O2+2. The number of anilines is 1. The molecule has 4 N–H and O–H groups in total. The number of amides is 2. The third kappa shape index (κ3) is 7.48. The molecule has 1 heterocycles. The van der Waals surface area contributed by atoms with Crippen molar-refractivity contribution >= 4 is 29.1 Å². The van der Waals surface area contributed by atoms with Crippen LogP contribution in [0.25, 0.3) is 0 Å². The second kappa shape index (κ2) is 9.53. The van der Waals surface area contributed by atoms with E-state index in [2.05, 4.69) is 10.6 Å². The van der Waals surface area contributed by atoms with E-state index in [1.165, 1.54) is 9.80 Å². The van der Waals surface area contributed by atoms with E-state index in [0.29, 0.717) is 11.6 Å². The predicted molar refractivity (Wildman–Crippen MR) is 108 cm³/mol. The fourth-order valence-corrected chi connectivity index (χ4v) is 3.64. The summed E-state index contributed by atoms with van der Waals surface area (Å²) in [5.74, 6) is 0.0916. The lowest BCUT2D eigenvalue weighted by molar-refractivity contribution is -0.942. The first-order valence-electron chi connectivity index (χ1n) is 9.69. The molecule has 2 amide bonds. The van der Waals surface area contributed by atoms with E-state index >= 15 is 0 Å². The van der Waals surface area contributed by atoms with Gasteiger partial charge < -0.3 is 20.4 Å². The molecule has 6 nitrogen and oxygen atoms in total. The number of carbonyl (C=O) groups excluding carboxylic acids is 2. The van der Waals surface area contributed by atoms with Crippen molar-refractivity contribution in [1.82, 2.24) is 5.32 Å². The molecule has 0 aromatic heterocycles. The molecule has 0 bridgehead atoms. The summed E-state index contributed by atoms with van der Waals surface area (Å²) in [6.45, 7) is 12.1. The van der Waals surface area contributed by atoms with Crippen molar-refractivity contribution in [2.24, 2.45) is 0 Å². The smallest absolute Gasteiger partial charge is 0.282 e. The molecule has 0 radical (unpaired) electrons. The minimum Gasteiger partial charge on any atom is -0.347 e. The lowest BCUT2D eigenvalue weighted by atomic mass is 10.1. The molecule has 1 aromatic carbocycles. The summed E-state index contributed by atoms with van der Waals surface area (Å²) in [5.41, 5.74) is 0.520. The highest BCUT2D eigenvalue weighted by atomic mass is 35.5. The van der Waals surface area contributed by atoms with Gasteiger partial charge in [-0.25, -0.2) is 0 Å². The maximum absolute atomic E-state index is 12.6. The van der Waals surface area contributed by atoms with Crippen LogP contribution in [0.15, 0.2) is 24.3 Å². The van der Waals surface area contributed by atoms with Gasteiger partial charge >= 0.3 is 0 Å². The summed E-state index contributed by atoms with van der Waals surface area (Å²) in [6, 6.07) is 7.06. The van der Waals surface area contributed by atoms with Gasteiger partial charge in [0.1, 0.15) is 13.1 Å². The Morgan fingerprint density at radius 1 is 1.19 bits per heavy atom. The van der Waals surface area contributed by atoms with Crippen molar-refractivity contribution in [1.29, 1.82) is 0 Å². The highest BCUT2D eigenvalue weighted by molar-refractivity contribution is 6.30. The molecule has 2 rings (SSSR count). The molecule has 150 valence electrons. The monoisotopic (exact) mass is 396 g/mol. The Bertz CT molecular complexity index is 660. The molecule has 2 unspecified atom stereocenters. The summed E-state index contributed by atoms with van der Waals surface area (Å²) in [4.78, 5) is 27.3. The lowest BCUT2D eigenvalue weighted by Gasteiger charge is -2.24. The normalized spacial score (nSPS) is 21.8. The highest BCUT2D eigenvalue weighted by Crippen LogP contribution is 2.14. The second-order valence-electron chi connectivity index (χ2n) is 8.46. The van der Waals surface area contributed by atoms with E-state index < -0.39 is 0 Å². The SMILES string of the molecule is C[C@H](C(=O)Nc1cccc(Cl)c1)[NH+]1CCC[NH+](CC(=O)NC(C)(C)C)CC1. The first-order chi connectivity index (χ1) is 12.6. The van der Waals surface area contributed by atoms with Crippen LogP contribution in [0, 0.1) is 0 Å². The van der Waals surface area contributed by atoms with Crippen LogP contribution in [-0.2, 0) is 9.59 Å². The Kier molecular flexibility index (Phi) is 7.65. The van der Waals surface area contributed by atoms with E-state index in [9.17, 15) is 9.59 Å². The molecule has 7 heteroatoms. The number of rotatable bonds is 5. The Morgan fingerprint density at radius 2 is 1.93 bits per heavy atom. The van der Waals surface area contributed by atoms with Gasteiger partial charge in [0.2, 0.25) is 0 Å².